The summed E-state index contributed by atoms with van der Waals surface area (Å²) in [4.78, 5) is 17.4. The monoisotopic (exact) mass is 278 g/mol. The SMILES string of the molecule is Nc1nc(N2CCCC2)nc(N2CCC(CO)CC2)n1. The minimum atomic E-state index is 0.270. The molecule has 110 valence electrons. The molecule has 0 radical (unpaired) electrons. The molecule has 3 heterocycles. The average Bonchev–Trinajstić information content (AvgIpc) is 3.01. The second kappa shape index (κ2) is 5.78. The Kier molecular flexibility index (Phi) is 3.86. The smallest absolute Gasteiger partial charge is 0.231 e. The lowest BCUT2D eigenvalue weighted by atomic mass is 9.98. The first-order valence-corrected chi connectivity index (χ1v) is 7.38. The highest BCUT2D eigenvalue weighted by atomic mass is 16.3. The summed E-state index contributed by atoms with van der Waals surface area (Å²) in [5.74, 6) is 2.08. The van der Waals surface area contributed by atoms with Gasteiger partial charge in [0.25, 0.3) is 0 Å². The van der Waals surface area contributed by atoms with E-state index in [1.54, 1.807) is 0 Å². The van der Waals surface area contributed by atoms with Gasteiger partial charge < -0.3 is 20.6 Å². The minimum absolute atomic E-state index is 0.270. The van der Waals surface area contributed by atoms with E-state index in [0.717, 1.165) is 39.0 Å². The summed E-state index contributed by atoms with van der Waals surface area (Å²) < 4.78 is 0. The van der Waals surface area contributed by atoms with E-state index in [4.69, 9.17) is 5.73 Å². The Morgan fingerprint density at radius 1 is 0.950 bits per heavy atom. The van der Waals surface area contributed by atoms with Crippen LogP contribution in [0, 0.1) is 5.92 Å². The van der Waals surface area contributed by atoms with Crippen LogP contribution in [0.5, 0.6) is 0 Å². The molecule has 3 N–H and O–H groups in total. The molecule has 0 atom stereocenters. The van der Waals surface area contributed by atoms with Gasteiger partial charge in [0.05, 0.1) is 0 Å². The Hall–Kier alpha value is -1.63. The van der Waals surface area contributed by atoms with Crippen molar-refractivity contribution in [3.05, 3.63) is 0 Å². The van der Waals surface area contributed by atoms with Crippen molar-refractivity contribution in [3.8, 4) is 0 Å². The number of nitrogens with two attached hydrogens (primary N) is 1. The van der Waals surface area contributed by atoms with E-state index in [0.29, 0.717) is 23.8 Å². The van der Waals surface area contributed by atoms with Gasteiger partial charge in [0.2, 0.25) is 17.8 Å². The number of aliphatic hydroxyl groups is 1. The molecule has 0 bridgehead atoms. The van der Waals surface area contributed by atoms with Gasteiger partial charge in [-0.1, -0.05) is 0 Å². The topological polar surface area (TPSA) is 91.4 Å². The molecule has 0 amide bonds. The third-order valence-electron chi connectivity index (χ3n) is 4.17. The zero-order valence-corrected chi connectivity index (χ0v) is 11.7. The fourth-order valence-electron chi connectivity index (χ4n) is 2.88. The van der Waals surface area contributed by atoms with Crippen LogP contribution in [0.3, 0.4) is 0 Å². The van der Waals surface area contributed by atoms with Crippen LogP contribution in [0.1, 0.15) is 25.7 Å². The molecule has 0 spiro atoms. The lowest BCUT2D eigenvalue weighted by Gasteiger charge is -2.31. The van der Waals surface area contributed by atoms with E-state index >= 15 is 0 Å². The lowest BCUT2D eigenvalue weighted by molar-refractivity contribution is 0.202. The van der Waals surface area contributed by atoms with Crippen LogP contribution in [0.4, 0.5) is 17.8 Å². The van der Waals surface area contributed by atoms with Gasteiger partial charge in [-0.25, -0.2) is 0 Å². The first-order valence-electron chi connectivity index (χ1n) is 7.38. The number of aromatic nitrogens is 3. The van der Waals surface area contributed by atoms with Gasteiger partial charge in [-0.3, -0.25) is 0 Å². The number of piperidine rings is 1. The maximum absolute atomic E-state index is 9.19. The second-order valence-corrected chi connectivity index (χ2v) is 5.60. The van der Waals surface area contributed by atoms with Crippen LogP contribution in [0.25, 0.3) is 0 Å². The van der Waals surface area contributed by atoms with Gasteiger partial charge in [-0.05, 0) is 31.6 Å². The molecule has 7 heteroatoms. The summed E-state index contributed by atoms with van der Waals surface area (Å²) in [5.41, 5.74) is 5.83. The molecular formula is C13H22N6O. The van der Waals surface area contributed by atoms with Crippen molar-refractivity contribution in [3.63, 3.8) is 0 Å². The maximum atomic E-state index is 9.19. The number of anilines is 3. The highest BCUT2D eigenvalue weighted by molar-refractivity contribution is 5.44. The van der Waals surface area contributed by atoms with Crippen LogP contribution in [0.15, 0.2) is 0 Å². The normalized spacial score (nSPS) is 20.6. The molecule has 0 aromatic carbocycles. The third-order valence-corrected chi connectivity index (χ3v) is 4.17. The van der Waals surface area contributed by atoms with Gasteiger partial charge >= 0.3 is 0 Å². The molecule has 2 fully saturated rings. The van der Waals surface area contributed by atoms with Crippen molar-refractivity contribution in [1.29, 1.82) is 0 Å². The standard InChI is InChI=1S/C13H22N6O/c14-11-15-12(18-5-1-2-6-18)17-13(16-11)19-7-3-10(9-20)4-8-19/h10,20H,1-9H2,(H2,14,15,16,17). The Balaban J connectivity index is 1.76. The summed E-state index contributed by atoms with van der Waals surface area (Å²) in [7, 11) is 0. The molecule has 2 aliphatic rings. The molecule has 1 aromatic heterocycles. The molecule has 3 rings (SSSR count). The summed E-state index contributed by atoms with van der Waals surface area (Å²) in [5, 5.41) is 9.19. The summed E-state index contributed by atoms with van der Waals surface area (Å²) in [6.07, 6.45) is 4.31. The number of hydrogen-bond acceptors (Lipinski definition) is 7. The van der Waals surface area contributed by atoms with E-state index in [1.807, 2.05) is 0 Å². The van der Waals surface area contributed by atoms with Crippen LogP contribution >= 0.6 is 0 Å². The van der Waals surface area contributed by atoms with E-state index < -0.39 is 0 Å². The molecule has 20 heavy (non-hydrogen) atoms. The average molecular weight is 278 g/mol. The summed E-state index contributed by atoms with van der Waals surface area (Å²) >= 11 is 0. The second-order valence-electron chi connectivity index (χ2n) is 5.60. The van der Waals surface area contributed by atoms with Crippen molar-refractivity contribution >= 4 is 17.8 Å². The third kappa shape index (κ3) is 2.77. The Labute approximate surface area is 118 Å². The summed E-state index contributed by atoms with van der Waals surface area (Å²) in [6.45, 7) is 4.00. The van der Waals surface area contributed by atoms with E-state index in [1.165, 1.54) is 12.8 Å². The number of nitrogens with zero attached hydrogens (tertiary/aromatic N) is 5. The van der Waals surface area contributed by atoms with Crippen LogP contribution in [-0.2, 0) is 0 Å². The molecule has 2 aliphatic heterocycles. The lowest BCUT2D eigenvalue weighted by Crippen LogP contribution is -2.36. The zero-order valence-electron chi connectivity index (χ0n) is 11.7. The van der Waals surface area contributed by atoms with Crippen molar-refractivity contribution in [2.75, 3.05) is 48.3 Å². The van der Waals surface area contributed by atoms with Crippen molar-refractivity contribution in [1.82, 2.24) is 15.0 Å². The number of nitrogen functional groups attached to an aromatic ring is 1. The number of hydrogen-bond donors (Lipinski definition) is 2. The minimum Gasteiger partial charge on any atom is -0.396 e. The fraction of sp³-hybridized carbons (Fsp3) is 0.769. The number of rotatable bonds is 3. The van der Waals surface area contributed by atoms with Crippen LogP contribution in [-0.4, -0.2) is 52.8 Å². The van der Waals surface area contributed by atoms with Gasteiger partial charge in [0.1, 0.15) is 0 Å². The molecule has 0 unspecified atom stereocenters. The highest BCUT2D eigenvalue weighted by Crippen LogP contribution is 2.23. The number of aliphatic hydroxyl groups excluding tert-OH is 1. The fourth-order valence-corrected chi connectivity index (χ4v) is 2.88. The molecular weight excluding hydrogens is 256 g/mol. The largest absolute Gasteiger partial charge is 0.396 e. The molecule has 0 aliphatic carbocycles. The molecule has 1 aromatic rings. The highest BCUT2D eigenvalue weighted by Gasteiger charge is 2.23. The maximum Gasteiger partial charge on any atom is 0.231 e. The quantitative estimate of drug-likeness (QED) is 0.819. The Bertz CT molecular complexity index is 454. The van der Waals surface area contributed by atoms with Gasteiger partial charge in [0.15, 0.2) is 0 Å². The van der Waals surface area contributed by atoms with Gasteiger partial charge in [-0.2, -0.15) is 15.0 Å². The van der Waals surface area contributed by atoms with Crippen molar-refractivity contribution < 1.29 is 5.11 Å². The Morgan fingerprint density at radius 2 is 1.50 bits per heavy atom. The predicted octanol–water partition coefficient (Wildman–Crippen LogP) is 0.263. The Morgan fingerprint density at radius 3 is 2.05 bits per heavy atom. The predicted molar refractivity (Wildman–Crippen MR) is 77.7 cm³/mol. The van der Waals surface area contributed by atoms with Crippen LogP contribution in [0.2, 0.25) is 0 Å². The van der Waals surface area contributed by atoms with Gasteiger partial charge in [-0.15, -0.1) is 0 Å². The molecule has 2 saturated heterocycles. The first-order chi connectivity index (χ1) is 9.76. The zero-order chi connectivity index (χ0) is 13.9. The molecule has 7 nitrogen and oxygen atoms in total. The molecule has 0 saturated carbocycles. The van der Waals surface area contributed by atoms with Gasteiger partial charge in [0, 0.05) is 32.8 Å². The van der Waals surface area contributed by atoms with Crippen molar-refractivity contribution in [2.45, 2.75) is 25.7 Å². The van der Waals surface area contributed by atoms with Crippen LogP contribution < -0.4 is 15.5 Å². The van der Waals surface area contributed by atoms with Crippen molar-refractivity contribution in [2.24, 2.45) is 5.92 Å². The first kappa shape index (κ1) is 13.4. The van der Waals surface area contributed by atoms with E-state index in [-0.39, 0.29) is 6.61 Å². The van der Waals surface area contributed by atoms with E-state index in [2.05, 4.69) is 24.8 Å². The van der Waals surface area contributed by atoms with E-state index in [9.17, 15) is 5.11 Å². The summed E-state index contributed by atoms with van der Waals surface area (Å²) in [6, 6.07) is 0.